The number of aryl methyl sites for hydroxylation is 2. The molecule has 0 aliphatic heterocycles. The van der Waals surface area contributed by atoms with Crippen molar-refractivity contribution in [2.45, 2.75) is 39.7 Å². The van der Waals surface area contributed by atoms with Gasteiger partial charge in [-0.2, -0.15) is 10.4 Å². The van der Waals surface area contributed by atoms with Crippen molar-refractivity contribution in [1.29, 1.82) is 5.26 Å². The first-order valence-corrected chi connectivity index (χ1v) is 11.4. The zero-order valence-corrected chi connectivity index (χ0v) is 19.9. The Kier molecular flexibility index (Phi) is 6.88. The van der Waals surface area contributed by atoms with E-state index in [4.69, 9.17) is 0 Å². The second kappa shape index (κ2) is 10.2. The monoisotopic (exact) mass is 466 g/mol. The van der Waals surface area contributed by atoms with Gasteiger partial charge in [0.15, 0.2) is 5.65 Å². The molecule has 1 atom stereocenters. The number of nitrogens with zero attached hydrogens (tertiary/aromatic N) is 4. The van der Waals surface area contributed by atoms with Crippen molar-refractivity contribution in [2.75, 3.05) is 5.32 Å². The molecule has 0 bridgehead atoms. The van der Waals surface area contributed by atoms with Gasteiger partial charge in [-0.3, -0.25) is 9.59 Å². The molecule has 176 valence electrons. The molecular formula is C27H26N6O2. The topological polar surface area (TPSA) is 112 Å². The van der Waals surface area contributed by atoms with Gasteiger partial charge < -0.3 is 10.6 Å². The Morgan fingerprint density at radius 1 is 1.11 bits per heavy atom. The molecule has 2 aromatic carbocycles. The molecule has 0 aliphatic rings. The third kappa shape index (κ3) is 5.20. The predicted octanol–water partition coefficient (Wildman–Crippen LogP) is 4.28. The van der Waals surface area contributed by atoms with Crippen LogP contribution in [-0.4, -0.2) is 26.4 Å². The van der Waals surface area contributed by atoms with Crippen LogP contribution in [0.25, 0.3) is 5.65 Å². The van der Waals surface area contributed by atoms with E-state index in [0.717, 1.165) is 22.5 Å². The summed E-state index contributed by atoms with van der Waals surface area (Å²) in [6, 6.07) is 18.3. The number of aromatic nitrogens is 3. The molecule has 0 radical (unpaired) electrons. The van der Waals surface area contributed by atoms with E-state index in [-0.39, 0.29) is 24.3 Å². The molecule has 2 heterocycles. The van der Waals surface area contributed by atoms with E-state index in [1.165, 1.54) is 6.20 Å². The SMILES string of the molecule is Cc1nc2c(C#N)cnn2c(C)c1CCC(=O)NC(C)c1cccc(NC(=O)c2ccccc2)c1. The molecule has 0 spiro atoms. The van der Waals surface area contributed by atoms with Gasteiger partial charge in [-0.25, -0.2) is 9.50 Å². The van der Waals surface area contributed by atoms with Crippen LogP contribution in [-0.2, 0) is 11.2 Å². The second-order valence-electron chi connectivity index (χ2n) is 8.40. The zero-order chi connectivity index (χ0) is 24.9. The number of anilines is 1. The summed E-state index contributed by atoms with van der Waals surface area (Å²) in [5.74, 6) is -0.275. The van der Waals surface area contributed by atoms with Crippen molar-refractivity contribution in [3.05, 3.63) is 94.4 Å². The minimum absolute atomic E-state index is 0.0895. The number of carbonyl (C=O) groups excluding carboxylic acids is 2. The summed E-state index contributed by atoms with van der Waals surface area (Å²) >= 11 is 0. The van der Waals surface area contributed by atoms with Gasteiger partial charge in [-0.15, -0.1) is 0 Å². The highest BCUT2D eigenvalue weighted by molar-refractivity contribution is 6.04. The van der Waals surface area contributed by atoms with Crippen molar-refractivity contribution in [2.24, 2.45) is 0 Å². The Labute approximate surface area is 203 Å². The lowest BCUT2D eigenvalue weighted by atomic mass is 10.0. The molecule has 4 aromatic rings. The van der Waals surface area contributed by atoms with Crippen LogP contribution in [0, 0.1) is 25.2 Å². The standard InChI is InChI=1S/C27H26N6O2/c1-17(21-10-7-11-23(14-21)32-27(35)20-8-5-4-6-9-20)30-25(34)13-12-24-18(2)31-26-22(15-28)16-29-33(26)19(24)3/h4-11,14,16-17H,12-13H2,1-3H3,(H,30,34)(H,32,35). The summed E-state index contributed by atoms with van der Waals surface area (Å²) < 4.78 is 1.65. The molecule has 4 rings (SSSR count). The largest absolute Gasteiger partial charge is 0.350 e. The van der Waals surface area contributed by atoms with E-state index >= 15 is 0 Å². The number of benzene rings is 2. The van der Waals surface area contributed by atoms with E-state index < -0.39 is 0 Å². The highest BCUT2D eigenvalue weighted by Crippen LogP contribution is 2.20. The highest BCUT2D eigenvalue weighted by Gasteiger charge is 2.16. The molecule has 8 heteroatoms. The van der Waals surface area contributed by atoms with Crippen LogP contribution in [0.4, 0.5) is 5.69 Å². The maximum atomic E-state index is 12.7. The molecule has 0 saturated carbocycles. The Balaban J connectivity index is 1.39. The van der Waals surface area contributed by atoms with Gasteiger partial charge in [0.25, 0.3) is 5.91 Å². The fourth-order valence-corrected chi connectivity index (χ4v) is 4.07. The lowest BCUT2D eigenvalue weighted by Crippen LogP contribution is -2.27. The quantitative estimate of drug-likeness (QED) is 0.422. The summed E-state index contributed by atoms with van der Waals surface area (Å²) in [5.41, 5.74) is 5.70. The molecule has 1 unspecified atom stereocenters. The Hall–Kier alpha value is -4.51. The van der Waals surface area contributed by atoms with Crippen LogP contribution in [0.15, 0.2) is 60.8 Å². The van der Waals surface area contributed by atoms with Gasteiger partial charge in [0, 0.05) is 29.1 Å². The third-order valence-electron chi connectivity index (χ3n) is 5.99. The van der Waals surface area contributed by atoms with E-state index in [1.807, 2.05) is 63.2 Å². The van der Waals surface area contributed by atoms with Gasteiger partial charge in [0.1, 0.15) is 11.6 Å². The number of hydrogen-bond donors (Lipinski definition) is 2. The molecule has 2 N–H and O–H groups in total. The minimum Gasteiger partial charge on any atom is -0.350 e. The summed E-state index contributed by atoms with van der Waals surface area (Å²) in [7, 11) is 0. The second-order valence-corrected chi connectivity index (χ2v) is 8.40. The summed E-state index contributed by atoms with van der Waals surface area (Å²) in [6.07, 6.45) is 2.30. The molecular weight excluding hydrogens is 440 g/mol. The average molecular weight is 467 g/mol. The molecule has 0 fully saturated rings. The van der Waals surface area contributed by atoms with Gasteiger partial charge in [0.05, 0.1) is 12.2 Å². The first-order chi connectivity index (χ1) is 16.9. The number of fused-ring (bicyclic) bond motifs is 1. The van der Waals surface area contributed by atoms with Gasteiger partial charge >= 0.3 is 0 Å². The van der Waals surface area contributed by atoms with E-state index in [1.54, 1.807) is 16.6 Å². The van der Waals surface area contributed by atoms with Crippen molar-refractivity contribution in [3.8, 4) is 6.07 Å². The van der Waals surface area contributed by atoms with Crippen LogP contribution < -0.4 is 10.6 Å². The zero-order valence-electron chi connectivity index (χ0n) is 19.9. The van der Waals surface area contributed by atoms with Crippen molar-refractivity contribution in [1.82, 2.24) is 19.9 Å². The summed E-state index contributed by atoms with van der Waals surface area (Å²) in [4.78, 5) is 29.7. The molecule has 2 aromatic heterocycles. The lowest BCUT2D eigenvalue weighted by molar-refractivity contribution is -0.121. The van der Waals surface area contributed by atoms with Crippen molar-refractivity contribution in [3.63, 3.8) is 0 Å². The van der Waals surface area contributed by atoms with E-state index in [2.05, 4.69) is 26.8 Å². The van der Waals surface area contributed by atoms with Crippen molar-refractivity contribution >= 4 is 23.1 Å². The van der Waals surface area contributed by atoms with E-state index in [9.17, 15) is 14.9 Å². The normalized spacial score (nSPS) is 11.6. The Morgan fingerprint density at radius 3 is 2.63 bits per heavy atom. The number of nitrogens with one attached hydrogen (secondary N) is 2. The number of hydrogen-bond acceptors (Lipinski definition) is 5. The fourth-order valence-electron chi connectivity index (χ4n) is 4.07. The van der Waals surface area contributed by atoms with Crippen molar-refractivity contribution < 1.29 is 9.59 Å². The minimum atomic E-state index is -0.233. The number of amides is 2. The van der Waals surface area contributed by atoms with Gasteiger partial charge in [-0.05, 0) is 62.6 Å². The molecule has 35 heavy (non-hydrogen) atoms. The van der Waals surface area contributed by atoms with Gasteiger partial charge in [-0.1, -0.05) is 30.3 Å². The summed E-state index contributed by atoms with van der Waals surface area (Å²) in [6.45, 7) is 5.71. The number of carbonyl (C=O) groups is 2. The van der Waals surface area contributed by atoms with Gasteiger partial charge in [0.2, 0.25) is 5.91 Å². The Bertz CT molecular complexity index is 1440. The number of rotatable bonds is 7. The van der Waals surface area contributed by atoms with Crippen LogP contribution in [0.2, 0.25) is 0 Å². The average Bonchev–Trinajstić information content (AvgIpc) is 3.27. The molecule has 0 aliphatic carbocycles. The Morgan fingerprint density at radius 2 is 1.89 bits per heavy atom. The molecule has 8 nitrogen and oxygen atoms in total. The highest BCUT2D eigenvalue weighted by atomic mass is 16.2. The van der Waals surface area contributed by atoms with Crippen LogP contribution in [0.1, 0.15) is 57.8 Å². The molecule has 0 saturated heterocycles. The summed E-state index contributed by atoms with van der Waals surface area (Å²) in [5, 5.41) is 19.4. The number of nitriles is 1. The van der Waals surface area contributed by atoms with Crippen LogP contribution in [0.5, 0.6) is 0 Å². The predicted molar refractivity (Wildman–Crippen MR) is 133 cm³/mol. The first-order valence-electron chi connectivity index (χ1n) is 11.4. The van der Waals surface area contributed by atoms with E-state index in [0.29, 0.717) is 28.9 Å². The first kappa shape index (κ1) is 23.6. The smallest absolute Gasteiger partial charge is 0.255 e. The maximum absolute atomic E-state index is 12.7. The third-order valence-corrected chi connectivity index (χ3v) is 5.99. The molecule has 2 amide bonds. The van der Waals surface area contributed by atoms with Crippen LogP contribution in [0.3, 0.4) is 0 Å². The fraction of sp³-hybridized carbons (Fsp3) is 0.222. The lowest BCUT2D eigenvalue weighted by Gasteiger charge is -2.16. The maximum Gasteiger partial charge on any atom is 0.255 e. The van der Waals surface area contributed by atoms with Crippen LogP contribution >= 0.6 is 0 Å².